The number of nitrogens with one attached hydrogen (secondary N) is 1. The van der Waals surface area contributed by atoms with Crippen molar-refractivity contribution in [1.29, 1.82) is 0 Å². The van der Waals surface area contributed by atoms with Crippen LogP contribution in [0.25, 0.3) is 0 Å². The molecule has 1 N–H and O–H groups in total. The van der Waals surface area contributed by atoms with Crippen molar-refractivity contribution in [2.24, 2.45) is 0 Å². The summed E-state index contributed by atoms with van der Waals surface area (Å²) in [7, 11) is 0. The Morgan fingerprint density at radius 3 is 2.40 bits per heavy atom. The number of thiophene rings is 1. The summed E-state index contributed by atoms with van der Waals surface area (Å²) in [5, 5.41) is 5.74. The van der Waals surface area contributed by atoms with Gasteiger partial charge < -0.3 is 10.2 Å². The van der Waals surface area contributed by atoms with Gasteiger partial charge in [-0.15, -0.1) is 11.3 Å². The Kier molecular flexibility index (Phi) is 4.77. The Morgan fingerprint density at radius 1 is 1.04 bits per heavy atom. The minimum absolute atomic E-state index is 0.290. The third-order valence-electron chi connectivity index (χ3n) is 5.38. The molecule has 2 fully saturated rings. The van der Waals surface area contributed by atoms with E-state index in [2.05, 4.69) is 39.9 Å². The van der Waals surface area contributed by atoms with E-state index < -0.39 is 5.54 Å². The van der Waals surface area contributed by atoms with Crippen LogP contribution in [0.4, 0.5) is 5.69 Å². The SMILES string of the molecule is O=C(N1CCC1)C1(Nc2ccccc2)CCN(Cc2cccs2)CC1. The van der Waals surface area contributed by atoms with Crippen LogP contribution in [0.15, 0.2) is 47.8 Å². The molecule has 1 aromatic carbocycles. The lowest BCUT2D eigenvalue weighted by Gasteiger charge is -2.46. The zero-order chi connectivity index (χ0) is 17.1. The summed E-state index contributed by atoms with van der Waals surface area (Å²) in [6.45, 7) is 4.73. The zero-order valence-corrected chi connectivity index (χ0v) is 15.3. The summed E-state index contributed by atoms with van der Waals surface area (Å²) < 4.78 is 0. The van der Waals surface area contributed by atoms with E-state index in [1.807, 2.05) is 34.4 Å². The Hall–Kier alpha value is -1.85. The monoisotopic (exact) mass is 355 g/mol. The van der Waals surface area contributed by atoms with Crippen LogP contribution in [0.3, 0.4) is 0 Å². The van der Waals surface area contributed by atoms with Crippen molar-refractivity contribution < 1.29 is 4.79 Å². The average molecular weight is 356 g/mol. The van der Waals surface area contributed by atoms with Crippen molar-refractivity contribution in [3.63, 3.8) is 0 Å². The Bertz CT molecular complexity index is 689. The Balaban J connectivity index is 1.48. The first-order valence-corrected chi connectivity index (χ1v) is 10.0. The second-order valence-electron chi connectivity index (χ2n) is 7.07. The molecule has 132 valence electrons. The maximum Gasteiger partial charge on any atom is 0.248 e. The molecule has 4 nitrogen and oxygen atoms in total. The van der Waals surface area contributed by atoms with Crippen LogP contribution in [0, 0.1) is 0 Å². The first kappa shape index (κ1) is 16.6. The fourth-order valence-electron chi connectivity index (χ4n) is 3.73. The summed E-state index contributed by atoms with van der Waals surface area (Å²) >= 11 is 1.81. The van der Waals surface area contributed by atoms with Crippen LogP contribution >= 0.6 is 11.3 Å². The van der Waals surface area contributed by atoms with E-state index >= 15 is 0 Å². The molecule has 0 unspecified atom stereocenters. The number of rotatable bonds is 5. The number of nitrogens with zero attached hydrogens (tertiary/aromatic N) is 2. The second kappa shape index (κ2) is 7.18. The lowest BCUT2D eigenvalue weighted by Crippen LogP contribution is -2.61. The highest BCUT2D eigenvalue weighted by atomic mass is 32.1. The van der Waals surface area contributed by atoms with Crippen LogP contribution in [0.5, 0.6) is 0 Å². The van der Waals surface area contributed by atoms with Crippen molar-refractivity contribution in [2.45, 2.75) is 31.3 Å². The number of para-hydroxylation sites is 1. The molecule has 4 rings (SSSR count). The lowest BCUT2D eigenvalue weighted by atomic mass is 9.84. The zero-order valence-electron chi connectivity index (χ0n) is 14.5. The number of likely N-dealkylation sites (tertiary alicyclic amines) is 2. The quantitative estimate of drug-likeness (QED) is 0.893. The fraction of sp³-hybridized carbons (Fsp3) is 0.450. The number of benzene rings is 1. The molecule has 2 aliphatic rings. The molecular formula is C20H25N3OS. The van der Waals surface area contributed by atoms with Crippen molar-refractivity contribution in [3.8, 4) is 0 Å². The third kappa shape index (κ3) is 3.58. The molecule has 25 heavy (non-hydrogen) atoms. The van der Waals surface area contributed by atoms with Crippen molar-refractivity contribution >= 4 is 22.9 Å². The Labute approximate surface area is 153 Å². The maximum atomic E-state index is 13.2. The second-order valence-corrected chi connectivity index (χ2v) is 8.11. The summed E-state index contributed by atoms with van der Waals surface area (Å²) in [4.78, 5) is 19.1. The van der Waals surface area contributed by atoms with E-state index in [0.717, 1.165) is 57.7 Å². The van der Waals surface area contributed by atoms with Crippen LogP contribution in [0.2, 0.25) is 0 Å². The molecule has 2 aliphatic heterocycles. The third-order valence-corrected chi connectivity index (χ3v) is 6.24. The molecule has 2 aromatic rings. The van der Waals surface area contributed by atoms with E-state index in [-0.39, 0.29) is 0 Å². The largest absolute Gasteiger partial charge is 0.371 e. The summed E-state index contributed by atoms with van der Waals surface area (Å²) in [5.41, 5.74) is 0.594. The standard InChI is InChI=1S/C20H25N3OS/c24-19(23-11-5-12-23)20(21-17-6-2-1-3-7-17)9-13-22(14-10-20)16-18-8-4-15-25-18/h1-4,6-8,15,21H,5,9-14,16H2. The molecule has 2 saturated heterocycles. The lowest BCUT2D eigenvalue weighted by molar-refractivity contribution is -0.141. The Morgan fingerprint density at radius 2 is 1.80 bits per heavy atom. The highest BCUT2D eigenvalue weighted by Crippen LogP contribution is 2.31. The summed E-state index contributed by atoms with van der Waals surface area (Å²) in [6.07, 6.45) is 2.86. The van der Waals surface area contributed by atoms with Gasteiger partial charge in [-0.25, -0.2) is 0 Å². The van der Waals surface area contributed by atoms with Gasteiger partial charge in [-0.2, -0.15) is 0 Å². The number of carbonyl (C=O) groups is 1. The average Bonchev–Trinajstić information content (AvgIpc) is 3.09. The van der Waals surface area contributed by atoms with E-state index in [1.165, 1.54) is 4.88 Å². The van der Waals surface area contributed by atoms with Gasteiger partial charge in [0, 0.05) is 43.3 Å². The molecule has 3 heterocycles. The van der Waals surface area contributed by atoms with Crippen LogP contribution < -0.4 is 5.32 Å². The van der Waals surface area contributed by atoms with Crippen molar-refractivity contribution in [1.82, 2.24) is 9.80 Å². The topological polar surface area (TPSA) is 35.6 Å². The van der Waals surface area contributed by atoms with Gasteiger partial charge in [0.15, 0.2) is 0 Å². The highest BCUT2D eigenvalue weighted by molar-refractivity contribution is 7.09. The number of piperidine rings is 1. The molecule has 0 aliphatic carbocycles. The summed E-state index contributed by atoms with van der Waals surface area (Å²) in [5.74, 6) is 0.290. The normalized spacial score (nSPS) is 20.1. The number of hydrogen-bond acceptors (Lipinski definition) is 4. The smallest absolute Gasteiger partial charge is 0.248 e. The van der Waals surface area contributed by atoms with Crippen molar-refractivity contribution in [3.05, 3.63) is 52.7 Å². The van der Waals surface area contributed by atoms with E-state index in [1.54, 1.807) is 0 Å². The molecule has 0 saturated carbocycles. The molecule has 0 bridgehead atoms. The number of hydrogen-bond donors (Lipinski definition) is 1. The minimum atomic E-state index is -0.451. The fourth-order valence-corrected chi connectivity index (χ4v) is 4.47. The predicted octanol–water partition coefficient (Wildman–Crippen LogP) is 3.43. The predicted molar refractivity (Wildman–Crippen MR) is 103 cm³/mol. The van der Waals surface area contributed by atoms with E-state index in [0.29, 0.717) is 5.91 Å². The van der Waals surface area contributed by atoms with Crippen molar-refractivity contribution in [2.75, 3.05) is 31.5 Å². The molecular weight excluding hydrogens is 330 g/mol. The molecule has 0 radical (unpaired) electrons. The molecule has 1 aromatic heterocycles. The van der Waals surface area contributed by atoms with Gasteiger partial charge in [-0.05, 0) is 42.8 Å². The molecule has 1 amide bonds. The van der Waals surface area contributed by atoms with E-state index in [9.17, 15) is 4.79 Å². The van der Waals surface area contributed by atoms with Crippen LogP contribution in [0.1, 0.15) is 24.1 Å². The molecule has 5 heteroatoms. The van der Waals surface area contributed by atoms with Gasteiger partial charge in [0.1, 0.15) is 5.54 Å². The number of carbonyl (C=O) groups excluding carboxylic acids is 1. The van der Waals surface area contributed by atoms with Gasteiger partial charge in [-0.1, -0.05) is 24.3 Å². The highest BCUT2D eigenvalue weighted by Gasteiger charge is 2.44. The molecule has 0 spiro atoms. The van der Waals surface area contributed by atoms with E-state index in [4.69, 9.17) is 0 Å². The van der Waals surface area contributed by atoms with Gasteiger partial charge in [0.05, 0.1) is 0 Å². The van der Waals surface area contributed by atoms with Gasteiger partial charge in [0.25, 0.3) is 0 Å². The molecule has 0 atom stereocenters. The number of anilines is 1. The maximum absolute atomic E-state index is 13.2. The van der Waals surface area contributed by atoms with Crippen LogP contribution in [-0.4, -0.2) is 47.4 Å². The van der Waals surface area contributed by atoms with Gasteiger partial charge in [0.2, 0.25) is 5.91 Å². The van der Waals surface area contributed by atoms with Gasteiger partial charge in [-0.3, -0.25) is 9.69 Å². The van der Waals surface area contributed by atoms with Gasteiger partial charge >= 0.3 is 0 Å². The first-order chi connectivity index (χ1) is 12.3. The van der Waals surface area contributed by atoms with Crippen LogP contribution in [-0.2, 0) is 11.3 Å². The number of amides is 1. The summed E-state index contributed by atoms with van der Waals surface area (Å²) in [6, 6.07) is 14.5. The minimum Gasteiger partial charge on any atom is -0.371 e. The first-order valence-electron chi connectivity index (χ1n) is 9.13.